The van der Waals surface area contributed by atoms with Gasteiger partial charge in [0.1, 0.15) is 11.4 Å². The Balaban J connectivity index is 2.30. The van der Waals surface area contributed by atoms with Gasteiger partial charge in [0, 0.05) is 13.0 Å². The van der Waals surface area contributed by atoms with E-state index in [1.165, 1.54) is 5.56 Å². The van der Waals surface area contributed by atoms with Gasteiger partial charge in [-0.2, -0.15) is 0 Å². The van der Waals surface area contributed by atoms with Gasteiger partial charge in [0.2, 0.25) is 0 Å². The molecule has 0 spiro atoms. The van der Waals surface area contributed by atoms with Gasteiger partial charge < -0.3 is 10.5 Å². The molecule has 2 N–H and O–H groups in total. The van der Waals surface area contributed by atoms with E-state index in [4.69, 9.17) is 10.5 Å². The first-order valence-electron chi connectivity index (χ1n) is 4.77. The maximum atomic E-state index is 5.87. The largest absolute Gasteiger partial charge is 0.485 e. The van der Waals surface area contributed by atoms with Crippen molar-refractivity contribution in [1.29, 1.82) is 0 Å². The summed E-state index contributed by atoms with van der Waals surface area (Å²) in [6.45, 7) is 2.72. The van der Waals surface area contributed by atoms with E-state index in [0.717, 1.165) is 18.6 Å². The molecule has 1 heterocycles. The van der Waals surface area contributed by atoms with Gasteiger partial charge >= 0.3 is 0 Å². The third-order valence-corrected chi connectivity index (χ3v) is 2.83. The fourth-order valence-corrected chi connectivity index (χ4v) is 1.82. The number of hydrogen-bond donors (Lipinski definition) is 1. The summed E-state index contributed by atoms with van der Waals surface area (Å²) in [4.78, 5) is 0. The van der Waals surface area contributed by atoms with Crippen molar-refractivity contribution in [3.63, 3.8) is 0 Å². The van der Waals surface area contributed by atoms with Crippen LogP contribution in [0.2, 0.25) is 0 Å². The molecule has 1 aromatic carbocycles. The lowest BCUT2D eigenvalue weighted by Crippen LogP contribution is -2.41. The van der Waals surface area contributed by atoms with Crippen molar-refractivity contribution in [1.82, 2.24) is 0 Å². The van der Waals surface area contributed by atoms with Crippen LogP contribution >= 0.6 is 0 Å². The first-order chi connectivity index (χ1) is 6.29. The van der Waals surface area contributed by atoms with Crippen molar-refractivity contribution in [2.75, 3.05) is 6.54 Å². The van der Waals surface area contributed by atoms with Crippen LogP contribution in [-0.4, -0.2) is 12.1 Å². The van der Waals surface area contributed by atoms with E-state index >= 15 is 0 Å². The highest BCUT2D eigenvalue weighted by Crippen LogP contribution is 2.35. The number of hydrogen-bond acceptors (Lipinski definition) is 2. The van der Waals surface area contributed by atoms with Gasteiger partial charge in [-0.1, -0.05) is 25.1 Å². The molecule has 0 aliphatic carbocycles. The Labute approximate surface area is 78.7 Å². The highest BCUT2D eigenvalue weighted by Gasteiger charge is 2.35. The van der Waals surface area contributed by atoms with Crippen LogP contribution in [-0.2, 0) is 6.42 Å². The summed E-state index contributed by atoms with van der Waals surface area (Å²) >= 11 is 0. The van der Waals surface area contributed by atoms with E-state index in [1.807, 2.05) is 18.2 Å². The molecule has 0 radical (unpaired) electrons. The Morgan fingerprint density at radius 1 is 1.46 bits per heavy atom. The summed E-state index contributed by atoms with van der Waals surface area (Å²) in [6.07, 6.45) is 1.92. The topological polar surface area (TPSA) is 35.2 Å². The summed E-state index contributed by atoms with van der Waals surface area (Å²) in [5.41, 5.74) is 6.89. The molecule has 2 rings (SSSR count). The van der Waals surface area contributed by atoms with E-state index < -0.39 is 0 Å². The second-order valence-corrected chi connectivity index (χ2v) is 3.63. The lowest BCUT2D eigenvalue weighted by molar-refractivity contribution is 0.0995. The zero-order valence-electron chi connectivity index (χ0n) is 7.92. The van der Waals surface area contributed by atoms with Gasteiger partial charge in [-0.05, 0) is 18.1 Å². The van der Waals surface area contributed by atoms with Crippen LogP contribution in [0.3, 0.4) is 0 Å². The molecule has 2 nitrogen and oxygen atoms in total. The highest BCUT2D eigenvalue weighted by atomic mass is 16.5. The SMILES string of the molecule is CCC1(CN)Cc2ccccc2O1. The van der Waals surface area contributed by atoms with Gasteiger partial charge in [-0.15, -0.1) is 0 Å². The van der Waals surface area contributed by atoms with Crippen molar-refractivity contribution in [3.05, 3.63) is 29.8 Å². The van der Waals surface area contributed by atoms with E-state index in [9.17, 15) is 0 Å². The number of benzene rings is 1. The minimum absolute atomic E-state index is 0.135. The molecule has 1 aromatic rings. The van der Waals surface area contributed by atoms with Crippen molar-refractivity contribution >= 4 is 0 Å². The Bertz CT molecular complexity index is 278. The Morgan fingerprint density at radius 2 is 2.23 bits per heavy atom. The second-order valence-electron chi connectivity index (χ2n) is 3.63. The number of para-hydroxylation sites is 1. The Hall–Kier alpha value is -1.02. The summed E-state index contributed by atoms with van der Waals surface area (Å²) in [5.74, 6) is 1.01. The molecular formula is C11H15NO. The minimum Gasteiger partial charge on any atom is -0.485 e. The highest BCUT2D eigenvalue weighted by molar-refractivity contribution is 5.39. The van der Waals surface area contributed by atoms with E-state index in [-0.39, 0.29) is 5.60 Å². The molecule has 1 aliphatic heterocycles. The fourth-order valence-electron chi connectivity index (χ4n) is 1.82. The fraction of sp³-hybridized carbons (Fsp3) is 0.455. The summed E-state index contributed by atoms with van der Waals surface area (Å²) in [7, 11) is 0. The molecular weight excluding hydrogens is 162 g/mol. The van der Waals surface area contributed by atoms with Crippen LogP contribution in [0.15, 0.2) is 24.3 Å². The van der Waals surface area contributed by atoms with Gasteiger partial charge in [0.05, 0.1) is 0 Å². The van der Waals surface area contributed by atoms with Crippen LogP contribution in [0.5, 0.6) is 5.75 Å². The lowest BCUT2D eigenvalue weighted by Gasteiger charge is -2.25. The smallest absolute Gasteiger partial charge is 0.125 e. The minimum atomic E-state index is -0.135. The standard InChI is InChI=1S/C11H15NO/c1-2-11(8-12)7-9-5-3-4-6-10(9)13-11/h3-6H,2,7-8,12H2,1H3. The molecule has 0 amide bonds. The average molecular weight is 177 g/mol. The van der Waals surface area contributed by atoms with Crippen molar-refractivity contribution in [2.45, 2.75) is 25.4 Å². The van der Waals surface area contributed by atoms with Crippen LogP contribution in [0.4, 0.5) is 0 Å². The first kappa shape index (κ1) is 8.57. The molecule has 2 heteroatoms. The molecule has 1 unspecified atom stereocenters. The normalized spacial score (nSPS) is 25.4. The van der Waals surface area contributed by atoms with Crippen LogP contribution in [0, 0.1) is 0 Å². The third-order valence-electron chi connectivity index (χ3n) is 2.83. The molecule has 13 heavy (non-hydrogen) atoms. The molecule has 0 aromatic heterocycles. The predicted molar refractivity (Wildman–Crippen MR) is 52.9 cm³/mol. The maximum Gasteiger partial charge on any atom is 0.125 e. The molecule has 1 atom stereocenters. The van der Waals surface area contributed by atoms with Crippen molar-refractivity contribution < 1.29 is 4.74 Å². The van der Waals surface area contributed by atoms with Crippen LogP contribution < -0.4 is 10.5 Å². The quantitative estimate of drug-likeness (QED) is 0.746. The Kier molecular flexibility index (Phi) is 2.00. The molecule has 1 aliphatic rings. The maximum absolute atomic E-state index is 5.87. The van der Waals surface area contributed by atoms with Crippen LogP contribution in [0.25, 0.3) is 0 Å². The molecule has 0 saturated carbocycles. The second kappa shape index (κ2) is 3.04. The zero-order valence-corrected chi connectivity index (χ0v) is 7.92. The van der Waals surface area contributed by atoms with Gasteiger partial charge in [-0.25, -0.2) is 0 Å². The number of rotatable bonds is 2. The number of nitrogens with two attached hydrogens (primary N) is 1. The van der Waals surface area contributed by atoms with E-state index in [0.29, 0.717) is 6.54 Å². The summed E-state index contributed by atoms with van der Waals surface area (Å²) in [6, 6.07) is 8.18. The number of fused-ring (bicyclic) bond motifs is 1. The zero-order chi connectivity index (χ0) is 9.31. The molecule has 70 valence electrons. The molecule has 0 saturated heterocycles. The third kappa shape index (κ3) is 1.31. The first-order valence-corrected chi connectivity index (χ1v) is 4.77. The van der Waals surface area contributed by atoms with Crippen molar-refractivity contribution in [2.24, 2.45) is 5.73 Å². The monoisotopic (exact) mass is 177 g/mol. The summed E-state index contributed by atoms with van der Waals surface area (Å²) < 4.78 is 5.87. The Morgan fingerprint density at radius 3 is 2.85 bits per heavy atom. The van der Waals surface area contributed by atoms with Crippen LogP contribution in [0.1, 0.15) is 18.9 Å². The summed E-state index contributed by atoms with van der Waals surface area (Å²) in [5, 5.41) is 0. The van der Waals surface area contributed by atoms with E-state index in [2.05, 4.69) is 13.0 Å². The predicted octanol–water partition coefficient (Wildman–Crippen LogP) is 1.73. The molecule has 0 bridgehead atoms. The molecule has 0 fully saturated rings. The van der Waals surface area contributed by atoms with E-state index in [1.54, 1.807) is 0 Å². The van der Waals surface area contributed by atoms with Gasteiger partial charge in [-0.3, -0.25) is 0 Å². The van der Waals surface area contributed by atoms with Gasteiger partial charge in [0.15, 0.2) is 0 Å². The van der Waals surface area contributed by atoms with Gasteiger partial charge in [0.25, 0.3) is 0 Å². The number of ether oxygens (including phenoxy) is 1. The lowest BCUT2D eigenvalue weighted by atomic mass is 9.95. The average Bonchev–Trinajstić information content (AvgIpc) is 2.57. The van der Waals surface area contributed by atoms with Crippen molar-refractivity contribution in [3.8, 4) is 5.75 Å².